The molecule has 1 aromatic heterocycles. The Morgan fingerprint density at radius 1 is 1.10 bits per heavy atom. The third kappa shape index (κ3) is 4.56. The third-order valence-electron chi connectivity index (χ3n) is 2.98. The first-order valence-electron chi connectivity index (χ1n) is 6.79. The molecule has 0 saturated heterocycles. The number of nitrogens with two attached hydrogens (primary N) is 1. The average Bonchev–Trinajstić information content (AvgIpc) is 2.45. The van der Waals surface area contributed by atoms with Crippen molar-refractivity contribution >= 4 is 16.7 Å². The molecular weight excluding hydrogens is 274 g/mol. The van der Waals surface area contributed by atoms with Crippen LogP contribution in [0.25, 0.3) is 11.0 Å². The minimum absolute atomic E-state index is 0.00884. The Morgan fingerprint density at radius 3 is 2.62 bits per heavy atom. The van der Waals surface area contributed by atoms with Crippen molar-refractivity contribution in [3.05, 3.63) is 40.2 Å². The van der Waals surface area contributed by atoms with E-state index in [2.05, 4.69) is 0 Å². The smallest absolute Gasteiger partial charge is 0.336 e. The molecule has 0 fully saturated rings. The maximum Gasteiger partial charge on any atom is 0.336 e. The topological polar surface area (TPSA) is 94.9 Å². The van der Waals surface area contributed by atoms with Gasteiger partial charge in [0.2, 0.25) is 0 Å². The molecule has 0 unspecified atom stereocenters. The Labute approximate surface area is 122 Å². The maximum absolute atomic E-state index is 11.5. The van der Waals surface area contributed by atoms with Gasteiger partial charge in [0.05, 0.1) is 33.0 Å². The van der Waals surface area contributed by atoms with Gasteiger partial charge in [-0.2, -0.15) is 0 Å². The van der Waals surface area contributed by atoms with Crippen molar-refractivity contribution in [1.82, 2.24) is 0 Å². The second kappa shape index (κ2) is 7.78. The second-order valence-electron chi connectivity index (χ2n) is 4.54. The van der Waals surface area contributed by atoms with E-state index in [1.165, 1.54) is 6.07 Å². The highest BCUT2D eigenvalue weighted by atomic mass is 16.5. The molecule has 0 spiro atoms. The molecular formula is C15H19NO5. The Morgan fingerprint density at radius 2 is 1.86 bits per heavy atom. The summed E-state index contributed by atoms with van der Waals surface area (Å²) < 4.78 is 15.7. The van der Waals surface area contributed by atoms with Gasteiger partial charge in [-0.05, 0) is 24.1 Å². The van der Waals surface area contributed by atoms with E-state index < -0.39 is 5.63 Å². The minimum Gasteiger partial charge on any atom is -0.423 e. The van der Waals surface area contributed by atoms with Crippen LogP contribution in [0, 0.1) is 0 Å². The molecule has 2 aromatic rings. The summed E-state index contributed by atoms with van der Waals surface area (Å²) in [6.45, 7) is 1.69. The van der Waals surface area contributed by atoms with Crippen LogP contribution in [-0.4, -0.2) is 38.1 Å². The normalized spacial score (nSPS) is 11.1. The van der Waals surface area contributed by atoms with Crippen molar-refractivity contribution in [2.24, 2.45) is 0 Å². The number of anilines is 1. The molecule has 0 bridgehead atoms. The quantitative estimate of drug-likeness (QED) is 0.427. The summed E-state index contributed by atoms with van der Waals surface area (Å²) in [5.74, 6) is 0. The first kappa shape index (κ1) is 15.5. The molecule has 6 heteroatoms. The van der Waals surface area contributed by atoms with E-state index in [-0.39, 0.29) is 6.61 Å². The van der Waals surface area contributed by atoms with Crippen LogP contribution in [0.5, 0.6) is 0 Å². The van der Waals surface area contributed by atoms with E-state index in [4.69, 9.17) is 24.7 Å². The third-order valence-corrected chi connectivity index (χ3v) is 2.98. The molecule has 1 aromatic carbocycles. The summed E-state index contributed by atoms with van der Waals surface area (Å²) in [6, 6.07) is 6.73. The van der Waals surface area contributed by atoms with Crippen LogP contribution in [0.4, 0.5) is 5.69 Å². The van der Waals surface area contributed by atoms with Gasteiger partial charge in [0, 0.05) is 23.2 Å². The zero-order valence-corrected chi connectivity index (χ0v) is 11.7. The first-order valence-corrected chi connectivity index (χ1v) is 6.79. The van der Waals surface area contributed by atoms with Gasteiger partial charge in [0.25, 0.3) is 0 Å². The average molecular weight is 293 g/mol. The number of nitrogen functional groups attached to an aromatic ring is 1. The van der Waals surface area contributed by atoms with Crippen LogP contribution in [-0.2, 0) is 15.9 Å². The number of aliphatic hydroxyl groups is 1. The highest BCUT2D eigenvalue weighted by molar-refractivity contribution is 5.83. The summed E-state index contributed by atoms with van der Waals surface area (Å²) in [5, 5.41) is 9.42. The van der Waals surface area contributed by atoms with Crippen LogP contribution >= 0.6 is 0 Å². The standard InChI is InChI=1S/C15H19NO5/c16-12-1-2-13-11(9-15(18)21-14(13)10-12)3-5-19-7-8-20-6-4-17/h1-2,9-10,17H,3-8,16H2. The van der Waals surface area contributed by atoms with E-state index in [1.807, 2.05) is 6.07 Å². The fourth-order valence-corrected chi connectivity index (χ4v) is 2.02. The lowest BCUT2D eigenvalue weighted by Crippen LogP contribution is -2.10. The number of rotatable bonds is 8. The zero-order chi connectivity index (χ0) is 15.1. The summed E-state index contributed by atoms with van der Waals surface area (Å²) in [6.07, 6.45) is 0.603. The molecule has 3 N–H and O–H groups in total. The first-order chi connectivity index (χ1) is 10.2. The molecule has 0 saturated carbocycles. The number of fused-ring (bicyclic) bond motifs is 1. The molecule has 0 aliphatic carbocycles. The van der Waals surface area contributed by atoms with Gasteiger partial charge in [0.15, 0.2) is 0 Å². The van der Waals surface area contributed by atoms with E-state index in [9.17, 15) is 4.79 Å². The predicted octanol–water partition coefficient (Wildman–Crippen LogP) is 0.943. The largest absolute Gasteiger partial charge is 0.423 e. The van der Waals surface area contributed by atoms with E-state index in [1.54, 1.807) is 12.1 Å². The SMILES string of the molecule is Nc1ccc2c(CCOCCOCCO)cc(=O)oc2c1. The number of ether oxygens (including phenoxy) is 2. The van der Waals surface area contributed by atoms with Crippen LogP contribution in [0.2, 0.25) is 0 Å². The Kier molecular flexibility index (Phi) is 5.74. The monoisotopic (exact) mass is 293 g/mol. The molecule has 1 heterocycles. The van der Waals surface area contributed by atoms with Gasteiger partial charge in [-0.1, -0.05) is 0 Å². The molecule has 114 valence electrons. The van der Waals surface area contributed by atoms with Gasteiger partial charge in [-0.25, -0.2) is 4.79 Å². The van der Waals surface area contributed by atoms with E-state index >= 15 is 0 Å². The molecule has 0 amide bonds. The molecule has 6 nitrogen and oxygen atoms in total. The maximum atomic E-state index is 11.5. The van der Waals surface area contributed by atoms with Crippen LogP contribution in [0.15, 0.2) is 33.5 Å². The van der Waals surface area contributed by atoms with E-state index in [0.717, 1.165) is 10.9 Å². The predicted molar refractivity (Wildman–Crippen MR) is 79.3 cm³/mol. The summed E-state index contributed by atoms with van der Waals surface area (Å²) in [4.78, 5) is 11.5. The molecule has 2 rings (SSSR count). The molecule has 0 radical (unpaired) electrons. The van der Waals surface area contributed by atoms with Gasteiger partial charge in [-0.3, -0.25) is 0 Å². The van der Waals surface area contributed by atoms with Crippen molar-refractivity contribution < 1.29 is 19.0 Å². The van der Waals surface area contributed by atoms with Gasteiger partial charge >= 0.3 is 5.63 Å². The van der Waals surface area contributed by atoms with Crippen molar-refractivity contribution in [3.8, 4) is 0 Å². The lowest BCUT2D eigenvalue weighted by atomic mass is 10.1. The van der Waals surface area contributed by atoms with Crippen LogP contribution in [0.3, 0.4) is 0 Å². The van der Waals surface area contributed by atoms with Gasteiger partial charge in [0.1, 0.15) is 5.58 Å². The Balaban J connectivity index is 1.94. The van der Waals surface area contributed by atoms with E-state index in [0.29, 0.717) is 44.1 Å². The van der Waals surface area contributed by atoms with Crippen molar-refractivity contribution in [3.63, 3.8) is 0 Å². The lowest BCUT2D eigenvalue weighted by Gasteiger charge is -2.07. The van der Waals surface area contributed by atoms with Gasteiger partial charge in [-0.15, -0.1) is 0 Å². The highest BCUT2D eigenvalue weighted by Gasteiger charge is 2.06. The Bertz CT molecular complexity index is 637. The van der Waals surface area contributed by atoms with Crippen molar-refractivity contribution in [2.75, 3.05) is 38.8 Å². The number of hydrogen-bond donors (Lipinski definition) is 2. The fraction of sp³-hybridized carbons (Fsp3) is 0.400. The zero-order valence-electron chi connectivity index (χ0n) is 11.7. The summed E-state index contributed by atoms with van der Waals surface area (Å²) >= 11 is 0. The number of hydrogen-bond acceptors (Lipinski definition) is 6. The molecule has 21 heavy (non-hydrogen) atoms. The lowest BCUT2D eigenvalue weighted by molar-refractivity contribution is 0.0341. The second-order valence-corrected chi connectivity index (χ2v) is 4.54. The van der Waals surface area contributed by atoms with Crippen LogP contribution < -0.4 is 11.4 Å². The summed E-state index contributed by atoms with van der Waals surface area (Å²) in [7, 11) is 0. The summed E-state index contributed by atoms with van der Waals surface area (Å²) in [5.41, 5.74) is 7.21. The van der Waals surface area contributed by atoms with Crippen molar-refractivity contribution in [2.45, 2.75) is 6.42 Å². The minimum atomic E-state index is -0.394. The molecule has 0 aliphatic rings. The van der Waals surface area contributed by atoms with Crippen LogP contribution in [0.1, 0.15) is 5.56 Å². The number of aliphatic hydroxyl groups excluding tert-OH is 1. The van der Waals surface area contributed by atoms with Gasteiger partial charge < -0.3 is 24.7 Å². The molecule has 0 aliphatic heterocycles. The van der Waals surface area contributed by atoms with Crippen molar-refractivity contribution in [1.29, 1.82) is 0 Å². The highest BCUT2D eigenvalue weighted by Crippen LogP contribution is 2.20. The number of benzene rings is 1. The Hall–Kier alpha value is -1.89. The molecule has 0 atom stereocenters. The fourth-order valence-electron chi connectivity index (χ4n) is 2.02.